The van der Waals surface area contributed by atoms with Crippen molar-refractivity contribution >= 4 is 66.7 Å². The van der Waals surface area contributed by atoms with Crippen molar-refractivity contribution in [1.29, 1.82) is 0 Å². The number of anilines is 1. The van der Waals surface area contributed by atoms with Gasteiger partial charge in [0.2, 0.25) is 21.8 Å². The van der Waals surface area contributed by atoms with Crippen molar-refractivity contribution in [3.63, 3.8) is 0 Å². The Morgan fingerprint density at radius 2 is 1.69 bits per heavy atom. The summed E-state index contributed by atoms with van der Waals surface area (Å²) in [6.07, 6.45) is 2.07. The van der Waals surface area contributed by atoms with Gasteiger partial charge in [-0.15, -0.1) is 0 Å². The second-order valence-electron chi connectivity index (χ2n) is 8.67. The van der Waals surface area contributed by atoms with E-state index < -0.39 is 28.5 Å². The molecule has 0 heterocycles. The van der Waals surface area contributed by atoms with Gasteiger partial charge in [-0.05, 0) is 62.6 Å². The van der Waals surface area contributed by atoms with Crippen molar-refractivity contribution < 1.29 is 18.0 Å². The Morgan fingerprint density at radius 1 is 1.08 bits per heavy atom. The Labute approximate surface area is 232 Å². The molecule has 2 aromatic carbocycles. The Morgan fingerprint density at radius 3 is 2.19 bits per heavy atom. The molecule has 7 nitrogen and oxygen atoms in total. The number of carbonyl (C=O) groups excluding carboxylic acids is 2. The summed E-state index contributed by atoms with van der Waals surface area (Å²) in [6.45, 7) is 6.90. The molecule has 0 aromatic heterocycles. The van der Waals surface area contributed by atoms with Crippen LogP contribution in [0.1, 0.15) is 44.7 Å². The molecule has 1 N–H and O–H groups in total. The fourth-order valence-electron chi connectivity index (χ4n) is 3.61. The first kappa shape index (κ1) is 30.4. The van der Waals surface area contributed by atoms with Crippen molar-refractivity contribution in [1.82, 2.24) is 10.2 Å². The predicted octanol–water partition coefficient (Wildman–Crippen LogP) is 5.55. The number of carbonyl (C=O) groups is 2. The van der Waals surface area contributed by atoms with Gasteiger partial charge >= 0.3 is 0 Å². The third kappa shape index (κ3) is 7.84. The van der Waals surface area contributed by atoms with Crippen LogP contribution >= 0.6 is 39.1 Å². The topological polar surface area (TPSA) is 86.8 Å². The highest BCUT2D eigenvalue weighted by molar-refractivity contribution is 9.10. The molecule has 0 bridgehead atoms. The molecule has 2 aromatic rings. The number of nitrogens with zero attached hydrogens (tertiary/aromatic N) is 2. The predicted molar refractivity (Wildman–Crippen MR) is 150 cm³/mol. The molecule has 0 unspecified atom stereocenters. The monoisotopic (exact) mass is 619 g/mol. The van der Waals surface area contributed by atoms with E-state index in [1.807, 2.05) is 20.8 Å². The summed E-state index contributed by atoms with van der Waals surface area (Å²) >= 11 is 16.2. The average Bonchev–Trinajstić information content (AvgIpc) is 2.80. The van der Waals surface area contributed by atoms with Crippen LogP contribution in [-0.2, 0) is 26.2 Å². The zero-order chi connectivity index (χ0) is 27.2. The number of halogens is 3. The molecule has 2 rings (SSSR count). The summed E-state index contributed by atoms with van der Waals surface area (Å²) in [5.74, 6) is -0.878. The number of hydrogen-bond donors (Lipinski definition) is 1. The highest BCUT2D eigenvalue weighted by Crippen LogP contribution is 2.28. The standard InChI is InChI=1S/C25H32BrCl2N3O4S/c1-6-17(4)29-25(33)23(7-2)30(14-19-21(27)9-8-10-22(19)28)24(32)15-31(36(5,34)35)18-11-12-20(26)16(3)13-18/h8-13,17,23H,6-7,14-15H2,1-5H3,(H,29,33)/t17-,23+/m0/s1. The lowest BCUT2D eigenvalue weighted by Crippen LogP contribution is -2.53. The van der Waals surface area contributed by atoms with Crippen LogP contribution < -0.4 is 9.62 Å². The van der Waals surface area contributed by atoms with E-state index in [9.17, 15) is 18.0 Å². The second-order valence-corrected chi connectivity index (χ2v) is 12.2. The Hall–Kier alpha value is -1.81. The van der Waals surface area contributed by atoms with Crippen LogP contribution in [0.2, 0.25) is 10.0 Å². The van der Waals surface area contributed by atoms with Crippen molar-refractivity contribution in [2.45, 2.75) is 59.2 Å². The van der Waals surface area contributed by atoms with Crippen LogP contribution in [0, 0.1) is 6.92 Å². The second kappa shape index (κ2) is 13.1. The molecule has 11 heteroatoms. The lowest BCUT2D eigenvalue weighted by molar-refractivity contribution is -0.140. The van der Waals surface area contributed by atoms with Gasteiger partial charge in [-0.2, -0.15) is 0 Å². The van der Waals surface area contributed by atoms with Crippen molar-refractivity contribution in [2.75, 3.05) is 17.1 Å². The molecule has 2 amide bonds. The summed E-state index contributed by atoms with van der Waals surface area (Å²) in [5, 5.41) is 3.62. The molecule has 0 saturated carbocycles. The van der Waals surface area contributed by atoms with E-state index in [0.29, 0.717) is 27.7 Å². The number of amides is 2. The lowest BCUT2D eigenvalue weighted by Gasteiger charge is -2.33. The number of sulfonamides is 1. The number of benzene rings is 2. The molecule has 198 valence electrons. The molecule has 0 radical (unpaired) electrons. The summed E-state index contributed by atoms with van der Waals surface area (Å²) in [4.78, 5) is 28.3. The minimum atomic E-state index is -3.82. The minimum Gasteiger partial charge on any atom is -0.352 e. The molecular formula is C25H32BrCl2N3O4S. The smallest absolute Gasteiger partial charge is 0.244 e. The van der Waals surface area contributed by atoms with Crippen LogP contribution in [0.3, 0.4) is 0 Å². The Kier molecular flexibility index (Phi) is 11.1. The van der Waals surface area contributed by atoms with Gasteiger partial charge in [0.1, 0.15) is 12.6 Å². The van der Waals surface area contributed by atoms with E-state index >= 15 is 0 Å². The van der Waals surface area contributed by atoms with Crippen molar-refractivity contribution in [3.05, 3.63) is 62.0 Å². The van der Waals surface area contributed by atoms with E-state index in [4.69, 9.17) is 23.2 Å². The number of hydrogen-bond acceptors (Lipinski definition) is 4. The maximum absolute atomic E-state index is 13.8. The van der Waals surface area contributed by atoms with E-state index in [2.05, 4.69) is 21.2 Å². The van der Waals surface area contributed by atoms with E-state index in [1.165, 1.54) is 4.90 Å². The summed E-state index contributed by atoms with van der Waals surface area (Å²) in [6, 6.07) is 9.07. The molecule has 0 fully saturated rings. The summed E-state index contributed by atoms with van der Waals surface area (Å²) < 4.78 is 27.3. The van der Waals surface area contributed by atoms with Gasteiger partial charge in [-0.25, -0.2) is 8.42 Å². The maximum Gasteiger partial charge on any atom is 0.244 e. The first-order valence-electron chi connectivity index (χ1n) is 11.6. The van der Waals surface area contributed by atoms with Gasteiger partial charge in [0.15, 0.2) is 0 Å². The third-order valence-electron chi connectivity index (χ3n) is 5.89. The molecule has 36 heavy (non-hydrogen) atoms. The summed E-state index contributed by atoms with van der Waals surface area (Å²) in [5.41, 5.74) is 1.64. The molecule has 0 saturated heterocycles. The fraction of sp³-hybridized carbons (Fsp3) is 0.440. The number of nitrogens with one attached hydrogen (secondary N) is 1. The lowest BCUT2D eigenvalue weighted by atomic mass is 10.1. The van der Waals surface area contributed by atoms with Crippen LogP contribution in [0.25, 0.3) is 0 Å². The van der Waals surface area contributed by atoms with Gasteiger partial charge in [0.05, 0.1) is 11.9 Å². The van der Waals surface area contributed by atoms with Gasteiger partial charge in [-0.1, -0.05) is 59.0 Å². The average molecular weight is 621 g/mol. The van der Waals surface area contributed by atoms with Crippen LogP contribution in [-0.4, -0.2) is 50.0 Å². The maximum atomic E-state index is 13.8. The normalized spacial score (nSPS) is 13.1. The number of rotatable bonds is 11. The molecule has 0 aliphatic carbocycles. The fourth-order valence-corrected chi connectivity index (χ4v) is 5.22. The quantitative estimate of drug-likeness (QED) is 0.357. The minimum absolute atomic E-state index is 0.0548. The molecule has 0 spiro atoms. The van der Waals surface area contributed by atoms with Gasteiger partial charge in [-0.3, -0.25) is 13.9 Å². The highest BCUT2D eigenvalue weighted by atomic mass is 79.9. The molecule has 0 aliphatic heterocycles. The zero-order valence-electron chi connectivity index (χ0n) is 21.0. The van der Waals surface area contributed by atoms with Gasteiger partial charge in [0, 0.05) is 32.7 Å². The first-order valence-corrected chi connectivity index (χ1v) is 15.0. The largest absolute Gasteiger partial charge is 0.352 e. The van der Waals surface area contributed by atoms with E-state index in [1.54, 1.807) is 43.3 Å². The highest BCUT2D eigenvalue weighted by Gasteiger charge is 2.33. The van der Waals surface area contributed by atoms with E-state index in [-0.39, 0.29) is 18.5 Å². The molecule has 0 aliphatic rings. The van der Waals surface area contributed by atoms with E-state index in [0.717, 1.165) is 27.0 Å². The van der Waals surface area contributed by atoms with Crippen LogP contribution in [0.4, 0.5) is 5.69 Å². The molecule has 2 atom stereocenters. The Balaban J connectivity index is 2.52. The first-order chi connectivity index (χ1) is 16.8. The third-order valence-corrected chi connectivity index (χ3v) is 8.62. The number of aryl methyl sites for hydroxylation is 1. The summed E-state index contributed by atoms with van der Waals surface area (Å²) in [7, 11) is -3.82. The molecular weight excluding hydrogens is 589 g/mol. The zero-order valence-corrected chi connectivity index (χ0v) is 24.9. The van der Waals surface area contributed by atoms with Gasteiger partial charge in [0.25, 0.3) is 0 Å². The van der Waals surface area contributed by atoms with Crippen LogP contribution in [0.5, 0.6) is 0 Å². The van der Waals surface area contributed by atoms with Crippen molar-refractivity contribution in [3.8, 4) is 0 Å². The van der Waals surface area contributed by atoms with Crippen molar-refractivity contribution in [2.24, 2.45) is 0 Å². The Bertz CT molecular complexity index is 1190. The SMILES string of the molecule is CC[C@H](C(=O)N[C@@H](C)CC)N(Cc1c(Cl)cccc1Cl)C(=O)CN(c1ccc(Br)c(C)c1)S(C)(=O)=O. The van der Waals surface area contributed by atoms with Crippen LogP contribution in [0.15, 0.2) is 40.9 Å². The van der Waals surface area contributed by atoms with Gasteiger partial charge < -0.3 is 10.2 Å².